The molecule has 514 valence electrons. The molecule has 3 aromatic carbocycles. The highest BCUT2D eigenvalue weighted by Gasteiger charge is 2.64. The number of benzene rings is 3. The standard InChI is InChI=1S/C80H90N10O9/c1-3-83-72-69-51-11-6-13-55(69)56-21-26-78(70(56)72,38-48-22-28-85-68(81)34-48)44-86-77-88-75(90-42-52-23-29-84-60(52)43-90)71-76(95)87-59-14-5-4-10-50(59)12-7-25-79-39-47-15-20-61(92)66(32-47)98-65-33-49(31-51)40-80(71,89-77)58(65)19-17-54(79)16-18-57-64(97-45(2)91)37-63(99-74(57)79)53-35-62(93)73(94)67(36-53)96-30-24-46-9-8-27-82-41-46/h6,8-9,11,13,15-16,18,20,22-23,27,29,32,34-36,41-43,49-50,54,56-59,63-65,70-72,74-76,83-85,87,92-95H,3-5,10,14,21,24-26,28,30-31,33,37-40,44,81H2,1-2H3,(H2,86,88,89)/t49-,50+,54+,56+,57-,58+,59-,63-,64-,65+,70+,71-,72-,74+,75+,76-,78+,79+,80+/m0/s1. The van der Waals surface area contributed by atoms with Crippen LogP contribution in [0.25, 0.3) is 10.9 Å². The molecule has 99 heavy (non-hydrogen) atoms. The Balaban J connectivity index is 0.872. The Morgan fingerprint density at radius 3 is 2.75 bits per heavy atom. The number of nitrogens with two attached hydrogens (primary N) is 1. The molecule has 19 heteroatoms. The number of nitrogens with zero attached hydrogens (tertiary/aromatic N) is 3. The number of nitrogens with one attached hydrogen (secondary N) is 6. The molecular formula is C80H90N10O9. The van der Waals surface area contributed by atoms with Gasteiger partial charge >= 0.3 is 5.97 Å². The van der Waals surface area contributed by atoms with E-state index in [2.05, 4.69) is 133 Å². The van der Waals surface area contributed by atoms with Crippen LogP contribution in [-0.4, -0.2) is 109 Å². The number of aromatic hydroxyl groups is 3. The molecular weight excluding hydrogens is 1240 g/mol. The van der Waals surface area contributed by atoms with Gasteiger partial charge in [-0.25, -0.2) is 0 Å². The van der Waals surface area contributed by atoms with Crippen molar-refractivity contribution in [3.63, 3.8) is 0 Å². The molecule has 11 aliphatic rings. The van der Waals surface area contributed by atoms with Crippen LogP contribution < -0.4 is 41.8 Å². The number of carbonyl (C=O) groups is 1. The Hall–Kier alpha value is -8.85. The average Bonchev–Trinajstić information content (AvgIpc) is 1.68. The Morgan fingerprint density at radius 2 is 1.89 bits per heavy atom. The number of rotatable bonds is 11. The number of ether oxygens (including phenoxy) is 4. The molecule has 9 heterocycles. The molecule has 3 aromatic heterocycles. The maximum atomic E-state index is 14.1. The highest BCUT2D eigenvalue weighted by molar-refractivity contribution is 5.83. The summed E-state index contributed by atoms with van der Waals surface area (Å²) in [5.74, 6) is 14.4. The number of H-pyrrole nitrogens is 1. The number of aromatic nitrogens is 3. The number of aliphatic hydroxyl groups excluding tert-OH is 1. The summed E-state index contributed by atoms with van der Waals surface area (Å²) >= 11 is 0. The Labute approximate surface area is 577 Å². The van der Waals surface area contributed by atoms with E-state index in [0.717, 1.165) is 79.9 Å². The van der Waals surface area contributed by atoms with Gasteiger partial charge < -0.3 is 75.9 Å². The van der Waals surface area contributed by atoms with E-state index in [1.165, 1.54) is 35.3 Å². The second-order valence-corrected chi connectivity index (χ2v) is 30.4. The number of hydrogen-bond donors (Lipinski definition) is 11. The van der Waals surface area contributed by atoms with Gasteiger partial charge in [-0.15, -0.1) is 5.92 Å². The summed E-state index contributed by atoms with van der Waals surface area (Å²) in [5, 5.41) is 70.3. The van der Waals surface area contributed by atoms with Gasteiger partial charge in [0.1, 0.15) is 24.6 Å². The lowest BCUT2D eigenvalue weighted by Crippen LogP contribution is -2.76. The first-order valence-corrected chi connectivity index (χ1v) is 36.2. The number of phenols is 3. The van der Waals surface area contributed by atoms with Gasteiger partial charge in [0.05, 0.1) is 47.5 Å². The van der Waals surface area contributed by atoms with Crippen LogP contribution in [-0.2, 0) is 33.5 Å². The minimum atomic E-state index is -1.13. The fraction of sp³-hybridized carbons (Fsp3) is 0.487. The summed E-state index contributed by atoms with van der Waals surface area (Å²) in [6.45, 7) is 5.83. The van der Waals surface area contributed by atoms with Crippen LogP contribution in [0.5, 0.6) is 28.7 Å². The third-order valence-corrected chi connectivity index (χ3v) is 24.6. The monoisotopic (exact) mass is 1330 g/mol. The number of aliphatic hydroxyl groups is 1. The van der Waals surface area contributed by atoms with Gasteiger partial charge in [0, 0.05) is 111 Å². The number of aromatic amines is 1. The molecule has 19 atom stereocenters. The van der Waals surface area contributed by atoms with Gasteiger partial charge in [0.25, 0.3) is 0 Å². The van der Waals surface area contributed by atoms with Crippen molar-refractivity contribution in [3.8, 4) is 52.4 Å². The number of dihydropyridines is 1. The van der Waals surface area contributed by atoms with Crippen molar-refractivity contribution < 1.29 is 44.2 Å². The third-order valence-electron chi connectivity index (χ3n) is 24.6. The molecule has 3 saturated carbocycles. The normalized spacial score (nSPS) is 35.2. The van der Waals surface area contributed by atoms with Gasteiger partial charge in [-0.05, 0) is 169 Å². The SMILES string of the molecule is CCN[C@H]1c2c3cccc2[C@H]2CC[C@@](CC4=CCNC(N)=C4)(CN=C4N[C@H](n5cc6cc[nH]c6c5)[C@H]5[C@H](O)N[C@H]6CCCC[C@@H]6C#CC[C@@]67Cc8ccc(O)c(c8)O[C@@H]8C[C@H](C3)C[C@@]5(N4)[C@@H]8C#C[C@H]6C=C[C@H]3[C@@H](OC(C)=O)C[C@@H](c4cc(O)c(O)c(OCCc5cccnc5)c4)O[C@H]37)[C@H]21. The van der Waals surface area contributed by atoms with E-state index in [9.17, 15) is 25.2 Å². The number of allylic oxidation sites excluding steroid dienone is 3. The number of carbonyl (C=O) groups excluding carboxylic acids is 1. The van der Waals surface area contributed by atoms with E-state index in [-0.39, 0.29) is 65.5 Å². The van der Waals surface area contributed by atoms with E-state index >= 15 is 0 Å². The van der Waals surface area contributed by atoms with Crippen LogP contribution in [0, 0.1) is 75.9 Å². The molecule has 0 unspecified atom stereocenters. The number of esters is 1. The van der Waals surface area contributed by atoms with Gasteiger partial charge in [-0.3, -0.25) is 20.1 Å². The number of phenolic OH excluding ortho intramolecular Hbond substituents is 3. The zero-order chi connectivity index (χ0) is 67.3. The molecule has 6 aromatic rings. The average molecular weight is 1340 g/mol. The second-order valence-electron chi connectivity index (χ2n) is 30.4. The molecule has 12 N–H and O–H groups in total. The van der Waals surface area contributed by atoms with Gasteiger partial charge in [0.2, 0.25) is 5.75 Å². The molecule has 9 bridgehead atoms. The number of guanidine groups is 1. The quantitative estimate of drug-likeness (QED) is 0.0249. The van der Waals surface area contributed by atoms with Crippen LogP contribution >= 0.6 is 0 Å². The van der Waals surface area contributed by atoms with Crippen molar-refractivity contribution in [2.24, 2.45) is 63.0 Å². The predicted octanol–water partition coefficient (Wildman–Crippen LogP) is 9.78. The molecule has 2 saturated heterocycles. The van der Waals surface area contributed by atoms with Gasteiger partial charge in [0.15, 0.2) is 29.0 Å². The lowest BCUT2D eigenvalue weighted by atomic mass is 9.57. The van der Waals surface area contributed by atoms with Crippen molar-refractivity contribution in [1.29, 1.82) is 0 Å². The van der Waals surface area contributed by atoms with E-state index in [1.807, 2.05) is 30.5 Å². The van der Waals surface area contributed by atoms with Crippen molar-refractivity contribution in [1.82, 2.24) is 41.1 Å². The topological polar surface area (TPSA) is 267 Å². The Bertz CT molecular complexity index is 4360. The summed E-state index contributed by atoms with van der Waals surface area (Å²) in [7, 11) is 0. The predicted molar refractivity (Wildman–Crippen MR) is 375 cm³/mol. The van der Waals surface area contributed by atoms with Crippen molar-refractivity contribution in [2.45, 2.75) is 164 Å². The highest BCUT2D eigenvalue weighted by Crippen LogP contribution is 2.65. The summed E-state index contributed by atoms with van der Waals surface area (Å²) in [4.78, 5) is 27.2. The zero-order valence-corrected chi connectivity index (χ0v) is 56.3. The van der Waals surface area contributed by atoms with Crippen LogP contribution in [0.4, 0.5) is 0 Å². The van der Waals surface area contributed by atoms with Crippen molar-refractivity contribution in [2.75, 3.05) is 26.2 Å². The number of fused-ring (bicyclic) bond motifs is 8. The first-order valence-electron chi connectivity index (χ1n) is 36.2. The van der Waals surface area contributed by atoms with Crippen LogP contribution in [0.15, 0.2) is 138 Å². The molecule has 19 nitrogen and oxygen atoms in total. The summed E-state index contributed by atoms with van der Waals surface area (Å²) < 4.78 is 30.3. The number of hydrogen-bond acceptors (Lipinski definition) is 17. The van der Waals surface area contributed by atoms with Crippen LogP contribution in [0.1, 0.15) is 142 Å². The van der Waals surface area contributed by atoms with E-state index in [0.29, 0.717) is 74.2 Å². The fourth-order valence-electron chi connectivity index (χ4n) is 20.5. The number of pyridine rings is 1. The molecule has 5 fully saturated rings. The summed E-state index contributed by atoms with van der Waals surface area (Å²) in [5.41, 5.74) is 12.9. The molecule has 6 aliphatic heterocycles. The van der Waals surface area contributed by atoms with Crippen LogP contribution in [0.3, 0.4) is 0 Å². The van der Waals surface area contributed by atoms with Crippen molar-refractivity contribution in [3.05, 3.63) is 167 Å². The van der Waals surface area contributed by atoms with Crippen LogP contribution in [0.2, 0.25) is 0 Å². The number of aliphatic imine (C=N–C) groups is 1. The van der Waals surface area contributed by atoms with E-state index in [1.54, 1.807) is 24.5 Å². The Kier molecular flexibility index (Phi) is 16.3. The maximum Gasteiger partial charge on any atom is 0.302 e. The molecule has 1 spiro atoms. The minimum Gasteiger partial charge on any atom is -0.504 e. The van der Waals surface area contributed by atoms with E-state index < -0.39 is 83.2 Å². The molecule has 0 amide bonds. The lowest BCUT2D eigenvalue weighted by Gasteiger charge is -2.59. The first-order chi connectivity index (χ1) is 48.2. The molecule has 17 rings (SSSR count). The van der Waals surface area contributed by atoms with E-state index in [4.69, 9.17) is 29.7 Å². The fourth-order valence-corrected chi connectivity index (χ4v) is 20.5. The Morgan fingerprint density at radius 1 is 0.980 bits per heavy atom. The highest BCUT2D eigenvalue weighted by atomic mass is 16.6. The smallest absolute Gasteiger partial charge is 0.302 e. The zero-order valence-electron chi connectivity index (χ0n) is 56.3. The van der Waals surface area contributed by atoms with Gasteiger partial charge in [-0.1, -0.05) is 86.1 Å². The molecule has 0 radical (unpaired) electrons. The van der Waals surface area contributed by atoms with Crippen molar-refractivity contribution >= 4 is 22.8 Å². The first kappa shape index (κ1) is 63.6. The minimum absolute atomic E-state index is 0.00392. The maximum absolute atomic E-state index is 14.1. The second kappa shape index (κ2) is 25.4. The van der Waals surface area contributed by atoms with Gasteiger partial charge in [-0.2, -0.15) is 0 Å². The lowest BCUT2D eigenvalue weighted by molar-refractivity contribution is -0.197. The third kappa shape index (κ3) is 11.3. The summed E-state index contributed by atoms with van der Waals surface area (Å²) in [6.07, 6.45) is 23.7. The molecule has 5 aliphatic carbocycles. The largest absolute Gasteiger partial charge is 0.504 e. The summed E-state index contributed by atoms with van der Waals surface area (Å²) in [6, 6.07) is 21.8.